The van der Waals surface area contributed by atoms with Gasteiger partial charge in [-0.1, -0.05) is 60.7 Å². The van der Waals surface area contributed by atoms with Gasteiger partial charge in [-0.05, 0) is 44.3 Å². The van der Waals surface area contributed by atoms with Gasteiger partial charge in [0.15, 0.2) is 11.4 Å². The molecule has 5 heteroatoms. The van der Waals surface area contributed by atoms with E-state index in [-0.39, 0.29) is 0 Å². The minimum absolute atomic E-state index is 0.604. The van der Waals surface area contributed by atoms with Crippen molar-refractivity contribution in [1.82, 2.24) is 14.5 Å². The second-order valence-corrected chi connectivity index (χ2v) is 7.92. The summed E-state index contributed by atoms with van der Waals surface area (Å²) >= 11 is 0. The van der Waals surface area contributed by atoms with Crippen LogP contribution in [0, 0.1) is 0 Å². The van der Waals surface area contributed by atoms with Crippen LogP contribution in [0.1, 0.15) is 23.9 Å². The third-order valence-electron chi connectivity index (χ3n) is 5.55. The number of imidazole rings is 1. The lowest BCUT2D eigenvalue weighted by molar-refractivity contribution is 0.112. The molecular formula is C26H29N3O2. The fraction of sp³-hybridized carbons (Fsp3) is 0.269. The standard InChI is InChI=1S/C26H29N3O2/c1-4-29-24-19-22(31-18-17-28(2)3)15-16-23(24)27-25(29)26(30,20-11-7-5-8-12-20)21-13-9-6-10-14-21/h5-16,19,30H,4,17-18H2,1-3H3. The summed E-state index contributed by atoms with van der Waals surface area (Å²) in [5.41, 5.74) is 1.98. The van der Waals surface area contributed by atoms with E-state index >= 15 is 0 Å². The zero-order valence-electron chi connectivity index (χ0n) is 18.3. The molecule has 0 aliphatic carbocycles. The van der Waals surface area contributed by atoms with Crippen LogP contribution in [-0.4, -0.2) is 46.8 Å². The maximum Gasteiger partial charge on any atom is 0.173 e. The second kappa shape index (κ2) is 8.92. The average Bonchev–Trinajstić information content (AvgIpc) is 3.18. The Morgan fingerprint density at radius 2 is 1.55 bits per heavy atom. The Morgan fingerprint density at radius 1 is 0.935 bits per heavy atom. The third kappa shape index (κ3) is 4.07. The number of benzene rings is 3. The molecule has 5 nitrogen and oxygen atoms in total. The van der Waals surface area contributed by atoms with E-state index in [4.69, 9.17) is 9.72 Å². The lowest BCUT2D eigenvalue weighted by Gasteiger charge is -2.29. The number of hydrogen-bond donors (Lipinski definition) is 1. The zero-order chi connectivity index (χ0) is 21.8. The summed E-state index contributed by atoms with van der Waals surface area (Å²) in [7, 11) is 4.05. The molecule has 160 valence electrons. The highest BCUT2D eigenvalue weighted by molar-refractivity contribution is 5.78. The number of fused-ring (bicyclic) bond motifs is 1. The number of likely N-dealkylation sites (N-methyl/N-ethyl adjacent to an activating group) is 1. The van der Waals surface area contributed by atoms with Crippen molar-refractivity contribution in [3.8, 4) is 5.75 Å². The molecule has 0 radical (unpaired) electrons. The monoisotopic (exact) mass is 415 g/mol. The van der Waals surface area contributed by atoms with Crippen molar-refractivity contribution >= 4 is 11.0 Å². The Bertz CT molecular complexity index is 1100. The molecule has 0 fully saturated rings. The number of hydrogen-bond acceptors (Lipinski definition) is 4. The molecule has 0 saturated heterocycles. The smallest absolute Gasteiger partial charge is 0.173 e. The SMILES string of the molecule is CCn1c(C(O)(c2ccccc2)c2ccccc2)nc2ccc(OCCN(C)C)cc21. The van der Waals surface area contributed by atoms with Crippen molar-refractivity contribution in [3.63, 3.8) is 0 Å². The predicted molar refractivity (Wildman–Crippen MR) is 124 cm³/mol. The van der Waals surface area contributed by atoms with Crippen molar-refractivity contribution in [3.05, 3.63) is 95.8 Å². The van der Waals surface area contributed by atoms with Crippen LogP contribution < -0.4 is 4.74 Å². The highest BCUT2D eigenvalue weighted by Gasteiger charge is 2.38. The quantitative estimate of drug-likeness (QED) is 0.467. The predicted octanol–water partition coefficient (Wildman–Crippen LogP) is 4.28. The van der Waals surface area contributed by atoms with Crippen LogP contribution in [-0.2, 0) is 12.1 Å². The van der Waals surface area contributed by atoms with Gasteiger partial charge in [0.25, 0.3) is 0 Å². The molecule has 3 aromatic carbocycles. The number of aryl methyl sites for hydroxylation is 1. The van der Waals surface area contributed by atoms with Gasteiger partial charge in [0, 0.05) is 19.2 Å². The Labute approximate surface area is 183 Å². The minimum atomic E-state index is -1.37. The first-order valence-corrected chi connectivity index (χ1v) is 10.7. The topological polar surface area (TPSA) is 50.5 Å². The fourth-order valence-corrected chi connectivity index (χ4v) is 3.92. The van der Waals surface area contributed by atoms with E-state index in [2.05, 4.69) is 16.4 Å². The lowest BCUT2D eigenvalue weighted by Crippen LogP contribution is -2.32. The van der Waals surface area contributed by atoms with Gasteiger partial charge in [0.2, 0.25) is 0 Å². The molecule has 4 aromatic rings. The second-order valence-electron chi connectivity index (χ2n) is 7.92. The van der Waals surface area contributed by atoms with E-state index in [0.29, 0.717) is 19.0 Å². The molecule has 4 rings (SSSR count). The van der Waals surface area contributed by atoms with Crippen LogP contribution in [0.5, 0.6) is 5.75 Å². The molecule has 0 unspecified atom stereocenters. The Morgan fingerprint density at radius 3 is 2.10 bits per heavy atom. The maximum atomic E-state index is 12.2. The van der Waals surface area contributed by atoms with E-state index in [1.165, 1.54) is 0 Å². The number of aliphatic hydroxyl groups is 1. The number of aromatic nitrogens is 2. The summed E-state index contributed by atoms with van der Waals surface area (Å²) in [6.07, 6.45) is 0. The summed E-state index contributed by atoms with van der Waals surface area (Å²) in [6, 6.07) is 25.4. The summed E-state index contributed by atoms with van der Waals surface area (Å²) in [4.78, 5) is 7.00. The molecule has 1 aromatic heterocycles. The van der Waals surface area contributed by atoms with Gasteiger partial charge >= 0.3 is 0 Å². The molecule has 1 heterocycles. The third-order valence-corrected chi connectivity index (χ3v) is 5.55. The molecule has 1 N–H and O–H groups in total. The largest absolute Gasteiger partial charge is 0.492 e. The number of ether oxygens (including phenoxy) is 1. The van der Waals surface area contributed by atoms with E-state index in [1.54, 1.807) is 0 Å². The van der Waals surface area contributed by atoms with Crippen molar-refractivity contribution in [2.24, 2.45) is 0 Å². The van der Waals surface area contributed by atoms with E-state index in [1.807, 2.05) is 93.0 Å². The first-order chi connectivity index (χ1) is 15.0. The van der Waals surface area contributed by atoms with Gasteiger partial charge in [0.05, 0.1) is 11.0 Å². The molecule has 0 aliphatic rings. The highest BCUT2D eigenvalue weighted by atomic mass is 16.5. The van der Waals surface area contributed by atoms with Crippen molar-refractivity contribution in [1.29, 1.82) is 0 Å². The molecule has 0 spiro atoms. The molecule has 0 aliphatic heterocycles. The van der Waals surface area contributed by atoms with Gasteiger partial charge < -0.3 is 19.3 Å². The van der Waals surface area contributed by atoms with Crippen LogP contribution in [0.25, 0.3) is 11.0 Å². The van der Waals surface area contributed by atoms with Crippen molar-refractivity contribution in [2.45, 2.75) is 19.1 Å². The van der Waals surface area contributed by atoms with Gasteiger partial charge in [0.1, 0.15) is 12.4 Å². The first kappa shape index (κ1) is 21.1. The normalized spacial score (nSPS) is 11.9. The van der Waals surface area contributed by atoms with Crippen LogP contribution >= 0.6 is 0 Å². The van der Waals surface area contributed by atoms with E-state index < -0.39 is 5.60 Å². The lowest BCUT2D eigenvalue weighted by atomic mass is 9.85. The molecule has 0 atom stereocenters. The van der Waals surface area contributed by atoms with Crippen LogP contribution in [0.3, 0.4) is 0 Å². The van der Waals surface area contributed by atoms with Crippen molar-refractivity contribution in [2.75, 3.05) is 27.2 Å². The Kier molecular flexibility index (Phi) is 6.07. The zero-order valence-corrected chi connectivity index (χ0v) is 18.3. The number of nitrogens with zero attached hydrogens (tertiary/aromatic N) is 3. The average molecular weight is 416 g/mol. The molecular weight excluding hydrogens is 386 g/mol. The van der Waals surface area contributed by atoms with Crippen LogP contribution in [0.2, 0.25) is 0 Å². The van der Waals surface area contributed by atoms with E-state index in [0.717, 1.165) is 34.5 Å². The Hall–Kier alpha value is -3.15. The molecule has 0 saturated carbocycles. The fourth-order valence-electron chi connectivity index (χ4n) is 3.92. The van der Waals surface area contributed by atoms with Gasteiger partial charge in [-0.3, -0.25) is 0 Å². The molecule has 0 bridgehead atoms. The Balaban J connectivity index is 1.86. The molecule has 31 heavy (non-hydrogen) atoms. The van der Waals surface area contributed by atoms with Gasteiger partial charge in [-0.25, -0.2) is 4.98 Å². The summed E-state index contributed by atoms with van der Waals surface area (Å²) < 4.78 is 8.02. The maximum absolute atomic E-state index is 12.2. The van der Waals surface area contributed by atoms with Gasteiger partial charge in [-0.2, -0.15) is 0 Å². The summed E-state index contributed by atoms with van der Waals surface area (Å²) in [6.45, 7) is 4.21. The summed E-state index contributed by atoms with van der Waals surface area (Å²) in [5, 5.41) is 12.2. The summed E-state index contributed by atoms with van der Waals surface area (Å²) in [5.74, 6) is 1.41. The number of rotatable bonds is 8. The van der Waals surface area contributed by atoms with Crippen molar-refractivity contribution < 1.29 is 9.84 Å². The van der Waals surface area contributed by atoms with Gasteiger partial charge in [-0.15, -0.1) is 0 Å². The highest BCUT2D eigenvalue weighted by Crippen LogP contribution is 2.38. The van der Waals surface area contributed by atoms with Crippen LogP contribution in [0.4, 0.5) is 0 Å². The van der Waals surface area contributed by atoms with Crippen LogP contribution in [0.15, 0.2) is 78.9 Å². The van der Waals surface area contributed by atoms with E-state index in [9.17, 15) is 5.11 Å². The first-order valence-electron chi connectivity index (χ1n) is 10.7. The molecule has 0 amide bonds. The minimum Gasteiger partial charge on any atom is -0.492 e.